The molecular weight excluding hydrogens is 244 g/mol. The summed E-state index contributed by atoms with van der Waals surface area (Å²) in [5, 5.41) is 0. The van der Waals surface area contributed by atoms with E-state index in [1.807, 2.05) is 0 Å². The molecule has 0 radical (unpaired) electrons. The summed E-state index contributed by atoms with van der Waals surface area (Å²) >= 11 is 0. The van der Waals surface area contributed by atoms with Crippen LogP contribution in [0.5, 0.6) is 0 Å². The van der Waals surface area contributed by atoms with Gasteiger partial charge in [-0.05, 0) is 47.2 Å². The van der Waals surface area contributed by atoms with Crippen molar-refractivity contribution >= 4 is 5.78 Å². The van der Waals surface area contributed by atoms with Crippen molar-refractivity contribution in [3.8, 4) is 0 Å². The first-order chi connectivity index (χ1) is 9.12. The lowest BCUT2D eigenvalue weighted by molar-refractivity contribution is -0.118. The van der Waals surface area contributed by atoms with Gasteiger partial charge in [0.25, 0.3) is 0 Å². The number of allylic oxidation sites excluding steroid dienone is 4. The SMILES string of the molecule is CC(C)(C)C1=C2C(=O)C3CCCC3C2=C(C(C)(C)C)C1. The molecule has 2 atom stereocenters. The van der Waals surface area contributed by atoms with Crippen molar-refractivity contribution in [2.45, 2.75) is 67.2 Å². The largest absolute Gasteiger partial charge is 0.294 e. The van der Waals surface area contributed by atoms with Crippen LogP contribution in [-0.2, 0) is 4.79 Å². The zero-order valence-corrected chi connectivity index (χ0v) is 13.9. The van der Waals surface area contributed by atoms with Crippen molar-refractivity contribution in [3.63, 3.8) is 0 Å². The minimum atomic E-state index is 0.113. The van der Waals surface area contributed by atoms with Gasteiger partial charge in [-0.25, -0.2) is 0 Å². The van der Waals surface area contributed by atoms with Crippen LogP contribution in [0.4, 0.5) is 0 Å². The Morgan fingerprint density at radius 2 is 1.40 bits per heavy atom. The van der Waals surface area contributed by atoms with E-state index in [9.17, 15) is 4.79 Å². The molecule has 0 aromatic carbocycles. The third-order valence-corrected chi connectivity index (χ3v) is 5.53. The van der Waals surface area contributed by atoms with Crippen LogP contribution in [0.2, 0.25) is 0 Å². The summed E-state index contributed by atoms with van der Waals surface area (Å²) in [6.45, 7) is 13.7. The number of ketones is 1. The maximum absolute atomic E-state index is 12.9. The zero-order valence-electron chi connectivity index (χ0n) is 13.9. The van der Waals surface area contributed by atoms with Gasteiger partial charge in [-0.2, -0.15) is 0 Å². The van der Waals surface area contributed by atoms with Gasteiger partial charge in [0.15, 0.2) is 5.78 Å². The number of hydrogen-bond acceptors (Lipinski definition) is 1. The second kappa shape index (κ2) is 4.08. The molecule has 0 bridgehead atoms. The summed E-state index contributed by atoms with van der Waals surface area (Å²) in [4.78, 5) is 12.9. The first-order valence-electron chi connectivity index (χ1n) is 8.14. The monoisotopic (exact) mass is 272 g/mol. The molecule has 3 rings (SSSR count). The fourth-order valence-corrected chi connectivity index (χ4v) is 4.48. The Hall–Kier alpha value is -0.850. The highest BCUT2D eigenvalue weighted by atomic mass is 16.1. The van der Waals surface area contributed by atoms with Gasteiger partial charge in [-0.15, -0.1) is 0 Å². The predicted molar refractivity (Wildman–Crippen MR) is 83.4 cm³/mol. The first kappa shape index (κ1) is 14.1. The molecule has 110 valence electrons. The lowest BCUT2D eigenvalue weighted by Crippen LogP contribution is -2.17. The van der Waals surface area contributed by atoms with E-state index in [2.05, 4.69) is 41.5 Å². The van der Waals surface area contributed by atoms with E-state index < -0.39 is 0 Å². The molecule has 20 heavy (non-hydrogen) atoms. The Kier molecular flexibility index (Phi) is 2.88. The van der Waals surface area contributed by atoms with Gasteiger partial charge < -0.3 is 0 Å². The van der Waals surface area contributed by atoms with Crippen LogP contribution in [0, 0.1) is 22.7 Å². The van der Waals surface area contributed by atoms with Crippen molar-refractivity contribution in [1.29, 1.82) is 0 Å². The Balaban J connectivity index is 2.19. The van der Waals surface area contributed by atoms with Crippen LogP contribution >= 0.6 is 0 Å². The Morgan fingerprint density at radius 3 is 1.95 bits per heavy atom. The predicted octanol–water partition coefficient (Wildman–Crippen LogP) is 5.07. The van der Waals surface area contributed by atoms with Gasteiger partial charge in [0.05, 0.1) is 0 Å². The molecule has 1 nitrogen and oxygen atoms in total. The Labute approximate surface area is 123 Å². The standard InChI is InChI=1S/C19H28O/c1-18(2,3)13-10-14(19(4,5)6)16-15(13)11-8-7-9-12(11)17(16)20/h11-12H,7-10H2,1-6H3. The summed E-state index contributed by atoms with van der Waals surface area (Å²) in [6.07, 6.45) is 4.62. The fraction of sp³-hybridized carbons (Fsp3) is 0.737. The number of hydrogen-bond donors (Lipinski definition) is 0. The molecular formula is C19H28O. The third kappa shape index (κ3) is 1.85. The van der Waals surface area contributed by atoms with E-state index in [1.165, 1.54) is 24.0 Å². The van der Waals surface area contributed by atoms with Gasteiger partial charge >= 0.3 is 0 Å². The second-order valence-electron chi connectivity index (χ2n) is 8.93. The number of carbonyl (C=O) groups excluding carboxylic acids is 1. The van der Waals surface area contributed by atoms with Crippen molar-refractivity contribution in [1.82, 2.24) is 0 Å². The normalized spacial score (nSPS) is 30.4. The van der Waals surface area contributed by atoms with Gasteiger partial charge in [0.1, 0.15) is 0 Å². The highest BCUT2D eigenvalue weighted by molar-refractivity contribution is 6.07. The molecule has 2 fully saturated rings. The van der Waals surface area contributed by atoms with Gasteiger partial charge in [-0.3, -0.25) is 4.79 Å². The van der Waals surface area contributed by atoms with E-state index in [0.717, 1.165) is 18.4 Å². The van der Waals surface area contributed by atoms with Crippen LogP contribution in [0.25, 0.3) is 0 Å². The summed E-state index contributed by atoms with van der Waals surface area (Å²) in [5.74, 6) is 1.34. The van der Waals surface area contributed by atoms with Crippen LogP contribution < -0.4 is 0 Å². The molecule has 0 spiro atoms. The van der Waals surface area contributed by atoms with Crippen molar-refractivity contribution < 1.29 is 4.79 Å². The number of fused-ring (bicyclic) bond motifs is 3. The summed E-state index contributed by atoms with van der Waals surface area (Å²) in [5.41, 5.74) is 5.91. The van der Waals surface area contributed by atoms with Crippen molar-refractivity contribution in [2.24, 2.45) is 22.7 Å². The average molecular weight is 272 g/mol. The van der Waals surface area contributed by atoms with E-state index in [4.69, 9.17) is 0 Å². The molecule has 3 aliphatic carbocycles. The highest BCUT2D eigenvalue weighted by Crippen LogP contribution is 2.58. The molecule has 0 N–H and O–H groups in total. The topological polar surface area (TPSA) is 17.1 Å². The number of rotatable bonds is 0. The minimum absolute atomic E-state index is 0.113. The Morgan fingerprint density at radius 1 is 0.850 bits per heavy atom. The molecule has 0 saturated heterocycles. The molecule has 2 unspecified atom stereocenters. The second-order valence-corrected chi connectivity index (χ2v) is 8.93. The quantitative estimate of drug-likeness (QED) is 0.601. The van der Waals surface area contributed by atoms with Crippen LogP contribution in [0.3, 0.4) is 0 Å². The average Bonchev–Trinajstić information content (AvgIpc) is 2.92. The molecule has 0 heterocycles. The molecule has 0 aromatic rings. The van der Waals surface area contributed by atoms with Gasteiger partial charge in [0, 0.05) is 11.5 Å². The van der Waals surface area contributed by atoms with Crippen molar-refractivity contribution in [3.05, 3.63) is 22.3 Å². The minimum Gasteiger partial charge on any atom is -0.294 e. The summed E-state index contributed by atoms with van der Waals surface area (Å²) in [7, 11) is 0. The molecule has 0 aromatic heterocycles. The zero-order chi connectivity index (χ0) is 14.9. The lowest BCUT2D eigenvalue weighted by atomic mass is 9.77. The Bertz CT molecular complexity index is 531. The van der Waals surface area contributed by atoms with Gasteiger partial charge in [0.2, 0.25) is 0 Å². The maximum Gasteiger partial charge on any atom is 0.166 e. The molecule has 1 heteroatoms. The first-order valence-corrected chi connectivity index (χ1v) is 8.14. The smallest absolute Gasteiger partial charge is 0.166 e. The molecule has 0 aliphatic heterocycles. The maximum atomic E-state index is 12.9. The summed E-state index contributed by atoms with van der Waals surface area (Å²) in [6, 6.07) is 0. The number of Topliss-reactive ketones (excluding diaryl/α,β-unsaturated/α-hetero) is 1. The van der Waals surface area contributed by atoms with Crippen LogP contribution in [-0.4, -0.2) is 5.78 Å². The highest BCUT2D eigenvalue weighted by Gasteiger charge is 2.51. The summed E-state index contributed by atoms with van der Waals surface area (Å²) < 4.78 is 0. The van der Waals surface area contributed by atoms with E-state index in [-0.39, 0.29) is 10.8 Å². The fourth-order valence-electron chi connectivity index (χ4n) is 4.48. The van der Waals surface area contributed by atoms with Gasteiger partial charge in [-0.1, -0.05) is 53.5 Å². The van der Waals surface area contributed by atoms with Crippen molar-refractivity contribution in [2.75, 3.05) is 0 Å². The third-order valence-electron chi connectivity index (χ3n) is 5.53. The number of carbonyl (C=O) groups is 1. The molecule has 0 amide bonds. The van der Waals surface area contributed by atoms with E-state index >= 15 is 0 Å². The van der Waals surface area contributed by atoms with Crippen LogP contribution in [0.1, 0.15) is 67.2 Å². The molecule has 2 saturated carbocycles. The van der Waals surface area contributed by atoms with E-state index in [1.54, 1.807) is 5.57 Å². The van der Waals surface area contributed by atoms with Crippen LogP contribution in [0.15, 0.2) is 22.3 Å². The van der Waals surface area contributed by atoms with E-state index in [0.29, 0.717) is 17.6 Å². The molecule has 3 aliphatic rings. The lowest BCUT2D eigenvalue weighted by Gasteiger charge is -2.27.